The van der Waals surface area contributed by atoms with E-state index in [-0.39, 0.29) is 17.0 Å². The maximum atomic E-state index is 13.7. The maximum Gasteiger partial charge on any atom is 0.227 e. The third-order valence-corrected chi connectivity index (χ3v) is 8.27. The molecule has 6 aromatic rings. The average Bonchev–Trinajstić information content (AvgIpc) is 3.71. The number of aromatic amines is 2. The largest absolute Gasteiger partial charge is 0.338 e. The lowest BCUT2D eigenvalue weighted by Gasteiger charge is -2.20. The topological polar surface area (TPSA) is 112 Å². The van der Waals surface area contributed by atoms with E-state index in [9.17, 15) is 9.18 Å². The number of thiophene rings is 1. The van der Waals surface area contributed by atoms with Crippen LogP contribution >= 0.6 is 11.3 Å². The van der Waals surface area contributed by atoms with Crippen molar-refractivity contribution in [1.82, 2.24) is 30.1 Å². The molecule has 1 saturated carbocycles. The van der Waals surface area contributed by atoms with E-state index in [1.807, 2.05) is 24.3 Å². The van der Waals surface area contributed by atoms with E-state index in [0.29, 0.717) is 17.0 Å². The summed E-state index contributed by atoms with van der Waals surface area (Å²) < 4.78 is 13.7. The fourth-order valence-electron chi connectivity index (χ4n) is 5.37. The Bertz CT molecular complexity index is 1830. The van der Waals surface area contributed by atoms with E-state index in [4.69, 9.17) is 0 Å². The Kier molecular flexibility index (Phi) is 5.89. The Labute approximate surface area is 226 Å². The summed E-state index contributed by atoms with van der Waals surface area (Å²) in [6, 6.07) is 11.1. The van der Waals surface area contributed by atoms with E-state index < -0.39 is 0 Å². The third-order valence-electron chi connectivity index (χ3n) is 7.36. The average molecular weight is 538 g/mol. The lowest BCUT2D eigenvalue weighted by Crippen LogP contribution is -2.24. The molecular weight excluding hydrogens is 513 g/mol. The van der Waals surface area contributed by atoms with E-state index in [0.717, 1.165) is 80.7 Å². The fourth-order valence-corrected chi connectivity index (χ4v) is 6.14. The van der Waals surface area contributed by atoms with Gasteiger partial charge in [-0.15, -0.1) is 11.3 Å². The summed E-state index contributed by atoms with van der Waals surface area (Å²) in [4.78, 5) is 30.4. The Balaban J connectivity index is 1.22. The van der Waals surface area contributed by atoms with Crippen LogP contribution in [-0.2, 0) is 4.79 Å². The maximum absolute atomic E-state index is 13.7. The molecule has 7 rings (SSSR count). The first-order chi connectivity index (χ1) is 19.1. The van der Waals surface area contributed by atoms with Gasteiger partial charge < -0.3 is 10.3 Å². The molecule has 0 spiro atoms. The predicted molar refractivity (Wildman–Crippen MR) is 151 cm³/mol. The van der Waals surface area contributed by atoms with Crippen LogP contribution in [0, 0.1) is 11.0 Å². The molecule has 0 radical (unpaired) electrons. The summed E-state index contributed by atoms with van der Waals surface area (Å²) in [5.41, 5.74) is 6.15. The number of hydrogen-bond donors (Lipinski definition) is 3. The number of aromatic nitrogens is 6. The highest BCUT2D eigenvalue weighted by Crippen LogP contribution is 2.36. The molecule has 0 unspecified atom stereocenters. The Morgan fingerprint density at radius 1 is 0.974 bits per heavy atom. The molecule has 0 aliphatic heterocycles. The Morgan fingerprint density at radius 3 is 2.69 bits per heavy atom. The summed E-state index contributed by atoms with van der Waals surface area (Å²) >= 11 is 1.11. The standard InChI is InChI=1S/C29H24FN7OS/c30-25-7-6-24(39-25)20-8-9-32-27-21(20)12-23(35-27)26-22-11-18(14-33-28(22)37-36-26)17-10-19(15-31-13-17)34-29(38)16-4-2-1-3-5-16/h6-16H,1-5H2,(H,32,35)(H,34,38)(H,33,36,37). The van der Waals surface area contributed by atoms with Gasteiger partial charge in [-0.3, -0.25) is 14.9 Å². The smallest absolute Gasteiger partial charge is 0.227 e. The van der Waals surface area contributed by atoms with E-state index in [1.165, 1.54) is 12.5 Å². The summed E-state index contributed by atoms with van der Waals surface area (Å²) in [7, 11) is 0. The van der Waals surface area contributed by atoms with Gasteiger partial charge in [-0.1, -0.05) is 19.3 Å². The minimum absolute atomic E-state index is 0.0661. The molecule has 1 aliphatic carbocycles. The quantitative estimate of drug-likeness (QED) is 0.220. The fraction of sp³-hybridized carbons (Fsp3) is 0.207. The molecule has 3 N–H and O–H groups in total. The van der Waals surface area contributed by atoms with Gasteiger partial charge in [0.2, 0.25) is 5.91 Å². The van der Waals surface area contributed by atoms with Crippen molar-refractivity contribution in [3.63, 3.8) is 0 Å². The van der Waals surface area contributed by atoms with Crippen molar-refractivity contribution >= 4 is 45.0 Å². The van der Waals surface area contributed by atoms with Crippen LogP contribution in [0.15, 0.2) is 61.2 Å². The molecule has 8 nitrogen and oxygen atoms in total. The second kappa shape index (κ2) is 9.70. The summed E-state index contributed by atoms with van der Waals surface area (Å²) in [6.07, 6.45) is 12.2. The third kappa shape index (κ3) is 4.46. The van der Waals surface area contributed by atoms with Crippen LogP contribution in [0.3, 0.4) is 0 Å². The highest BCUT2D eigenvalue weighted by atomic mass is 32.1. The molecule has 0 bridgehead atoms. The zero-order valence-electron chi connectivity index (χ0n) is 20.9. The van der Waals surface area contributed by atoms with Crippen molar-refractivity contribution in [3.8, 4) is 33.0 Å². The lowest BCUT2D eigenvalue weighted by molar-refractivity contribution is -0.120. The predicted octanol–water partition coefficient (Wildman–Crippen LogP) is 6.95. The van der Waals surface area contributed by atoms with Gasteiger partial charge in [0.25, 0.3) is 0 Å². The van der Waals surface area contributed by atoms with Crippen molar-refractivity contribution in [2.24, 2.45) is 5.92 Å². The first-order valence-corrected chi connectivity index (χ1v) is 13.8. The van der Waals surface area contributed by atoms with Crippen molar-refractivity contribution < 1.29 is 9.18 Å². The van der Waals surface area contributed by atoms with Gasteiger partial charge in [0.1, 0.15) is 5.65 Å². The number of H-pyrrole nitrogens is 2. The van der Waals surface area contributed by atoms with Crippen LogP contribution in [-0.4, -0.2) is 36.0 Å². The van der Waals surface area contributed by atoms with Gasteiger partial charge in [-0.05, 0) is 49.2 Å². The number of amides is 1. The molecule has 0 saturated heterocycles. The minimum Gasteiger partial charge on any atom is -0.338 e. The number of fused-ring (bicyclic) bond motifs is 2. The second-order valence-electron chi connectivity index (χ2n) is 9.89. The highest BCUT2D eigenvalue weighted by molar-refractivity contribution is 7.14. The van der Waals surface area contributed by atoms with Gasteiger partial charge in [-0.2, -0.15) is 9.49 Å². The molecule has 39 heavy (non-hydrogen) atoms. The number of anilines is 1. The van der Waals surface area contributed by atoms with Gasteiger partial charge in [0.15, 0.2) is 10.8 Å². The van der Waals surface area contributed by atoms with Crippen LogP contribution in [0.5, 0.6) is 0 Å². The molecule has 1 amide bonds. The number of rotatable bonds is 5. The molecule has 0 aromatic carbocycles. The number of halogens is 1. The van der Waals surface area contributed by atoms with Gasteiger partial charge in [0.05, 0.1) is 23.3 Å². The number of hydrogen-bond acceptors (Lipinski definition) is 6. The Morgan fingerprint density at radius 2 is 1.85 bits per heavy atom. The molecule has 0 atom stereocenters. The molecule has 194 valence electrons. The molecular formula is C29H24FN7OS. The molecule has 1 aliphatic rings. The second-order valence-corrected chi connectivity index (χ2v) is 10.9. The first kappa shape index (κ1) is 23.7. The molecule has 6 aromatic heterocycles. The van der Waals surface area contributed by atoms with E-state index in [2.05, 4.69) is 35.5 Å². The number of nitrogens with one attached hydrogen (secondary N) is 3. The number of nitrogens with zero attached hydrogens (tertiary/aromatic N) is 4. The Hall–Kier alpha value is -4.44. The van der Waals surface area contributed by atoms with Crippen LogP contribution in [0.1, 0.15) is 32.1 Å². The van der Waals surface area contributed by atoms with Crippen LogP contribution in [0.25, 0.3) is 55.0 Å². The lowest BCUT2D eigenvalue weighted by atomic mass is 9.88. The molecule has 10 heteroatoms. The summed E-state index contributed by atoms with van der Waals surface area (Å²) in [5.74, 6) is 0.135. The van der Waals surface area contributed by atoms with Crippen molar-refractivity contribution in [3.05, 3.63) is 66.3 Å². The SMILES string of the molecule is O=C(Nc1cncc(-c2cnc3n[nH]c(-c4cc5c(-c6ccc(F)s6)ccnc5[nH]4)c3c2)c1)C1CCCCC1. The molecule has 1 fully saturated rings. The van der Waals surface area contributed by atoms with Gasteiger partial charge in [-0.25, -0.2) is 9.97 Å². The monoisotopic (exact) mass is 537 g/mol. The zero-order valence-corrected chi connectivity index (χ0v) is 21.7. The summed E-state index contributed by atoms with van der Waals surface area (Å²) in [5, 5.41) is 12.1. The molecule has 6 heterocycles. The van der Waals surface area contributed by atoms with Gasteiger partial charge in [0, 0.05) is 56.8 Å². The number of carbonyl (C=O) groups is 1. The highest BCUT2D eigenvalue weighted by Gasteiger charge is 2.21. The normalized spacial score (nSPS) is 14.3. The van der Waals surface area contributed by atoms with Crippen LogP contribution < -0.4 is 5.32 Å². The number of carbonyl (C=O) groups excluding carboxylic acids is 1. The first-order valence-electron chi connectivity index (χ1n) is 13.0. The van der Waals surface area contributed by atoms with E-state index >= 15 is 0 Å². The zero-order chi connectivity index (χ0) is 26.3. The van der Waals surface area contributed by atoms with Crippen LogP contribution in [0.4, 0.5) is 10.1 Å². The van der Waals surface area contributed by atoms with Crippen LogP contribution in [0.2, 0.25) is 0 Å². The minimum atomic E-state index is -0.226. The van der Waals surface area contributed by atoms with Crippen molar-refractivity contribution in [2.75, 3.05) is 5.32 Å². The summed E-state index contributed by atoms with van der Waals surface area (Å²) in [6.45, 7) is 0. The van der Waals surface area contributed by atoms with E-state index in [1.54, 1.807) is 30.9 Å². The van der Waals surface area contributed by atoms with Gasteiger partial charge >= 0.3 is 0 Å². The van der Waals surface area contributed by atoms with Crippen molar-refractivity contribution in [1.29, 1.82) is 0 Å². The van der Waals surface area contributed by atoms with Crippen molar-refractivity contribution in [2.45, 2.75) is 32.1 Å². The number of pyridine rings is 3.